The zero-order valence-corrected chi connectivity index (χ0v) is 19.3. The highest BCUT2D eigenvalue weighted by Gasteiger charge is 2.43. The number of halogens is 3. The van der Waals surface area contributed by atoms with Gasteiger partial charge in [0.1, 0.15) is 29.6 Å². The zero-order chi connectivity index (χ0) is 25.0. The van der Waals surface area contributed by atoms with Crippen LogP contribution >= 0.6 is 0 Å². The van der Waals surface area contributed by atoms with Crippen LogP contribution in [0.25, 0.3) is 0 Å². The number of guanidine groups is 1. The second-order valence-corrected chi connectivity index (χ2v) is 10.2. The standard InChI is InChI=1S/C20H23F3N6O5S/c1-19(24)14-11(20(21,22)23)10-25-17(14)27-18(28-19)26-12-2-3-13(16-15(12)33-8-9-34-16)35(30,31)29-4-6-32-7-5-29/h2-3,10,25H,4-9,24H2,1H3,(H2,26,27,28). The Balaban J connectivity index is 1.48. The average Bonchev–Trinajstić information content (AvgIpc) is 3.25. The van der Waals surface area contributed by atoms with Crippen molar-refractivity contribution in [2.75, 3.05) is 50.2 Å². The third-order valence-corrected chi connectivity index (χ3v) is 7.69. The molecule has 15 heteroatoms. The van der Waals surface area contributed by atoms with E-state index in [0.717, 1.165) is 6.20 Å². The highest BCUT2D eigenvalue weighted by atomic mass is 32.2. The number of ether oxygens (including phenoxy) is 3. The molecule has 11 nitrogen and oxygen atoms in total. The van der Waals surface area contributed by atoms with Crippen LogP contribution in [0.1, 0.15) is 18.1 Å². The van der Waals surface area contributed by atoms with E-state index in [2.05, 4.69) is 20.6 Å². The maximum Gasteiger partial charge on any atom is 0.418 e. The maximum atomic E-state index is 13.4. The predicted molar refractivity (Wildman–Crippen MR) is 119 cm³/mol. The number of rotatable bonds is 3. The number of fused-ring (bicyclic) bond motifs is 2. The Kier molecular flexibility index (Phi) is 5.62. The van der Waals surface area contributed by atoms with Crippen molar-refractivity contribution in [1.82, 2.24) is 9.29 Å². The van der Waals surface area contributed by atoms with Crippen LogP contribution < -0.4 is 25.8 Å². The van der Waals surface area contributed by atoms with Gasteiger partial charge in [-0.3, -0.25) is 0 Å². The van der Waals surface area contributed by atoms with E-state index >= 15 is 0 Å². The largest absolute Gasteiger partial charge is 0.485 e. The average molecular weight is 517 g/mol. The van der Waals surface area contributed by atoms with Crippen LogP contribution in [0.5, 0.6) is 11.5 Å². The Morgan fingerprint density at radius 3 is 2.51 bits per heavy atom. The molecule has 1 saturated heterocycles. The highest BCUT2D eigenvalue weighted by Crippen LogP contribution is 2.45. The van der Waals surface area contributed by atoms with Gasteiger partial charge in [-0.25, -0.2) is 13.4 Å². The number of anilines is 2. The molecule has 0 saturated carbocycles. The molecule has 4 heterocycles. The molecule has 1 aromatic carbocycles. The van der Waals surface area contributed by atoms with Gasteiger partial charge < -0.3 is 35.6 Å². The third-order valence-electron chi connectivity index (χ3n) is 5.77. The number of H-pyrrole nitrogens is 1. The molecule has 1 aromatic heterocycles. The van der Waals surface area contributed by atoms with Gasteiger partial charge in [-0.1, -0.05) is 0 Å². The molecule has 0 radical (unpaired) electrons. The van der Waals surface area contributed by atoms with E-state index in [0.29, 0.717) is 18.9 Å². The van der Waals surface area contributed by atoms with E-state index in [-0.39, 0.29) is 60.0 Å². The first-order chi connectivity index (χ1) is 16.5. The Bertz CT molecular complexity index is 1280. The van der Waals surface area contributed by atoms with Crippen molar-refractivity contribution in [1.29, 1.82) is 0 Å². The van der Waals surface area contributed by atoms with Crippen LogP contribution in [-0.4, -0.2) is 63.2 Å². The summed E-state index contributed by atoms with van der Waals surface area (Å²) in [5.41, 5.74) is 3.60. The summed E-state index contributed by atoms with van der Waals surface area (Å²) in [5.74, 6) is 0.261. The van der Waals surface area contributed by atoms with E-state index < -0.39 is 27.4 Å². The fraction of sp³-hybridized carbons (Fsp3) is 0.450. The fourth-order valence-corrected chi connectivity index (χ4v) is 5.77. The van der Waals surface area contributed by atoms with Crippen LogP contribution in [0, 0.1) is 0 Å². The fourth-order valence-electron chi connectivity index (χ4n) is 4.23. The molecule has 5 rings (SSSR count). The monoisotopic (exact) mass is 516 g/mol. The number of sulfonamides is 1. The zero-order valence-electron chi connectivity index (χ0n) is 18.5. The van der Waals surface area contributed by atoms with Crippen molar-refractivity contribution in [3.05, 3.63) is 29.5 Å². The molecular weight excluding hydrogens is 493 g/mol. The van der Waals surface area contributed by atoms with E-state index in [1.165, 1.54) is 23.4 Å². The molecule has 190 valence electrons. The van der Waals surface area contributed by atoms with Crippen LogP contribution in [0.3, 0.4) is 0 Å². The lowest BCUT2D eigenvalue weighted by Gasteiger charge is -2.31. The lowest BCUT2D eigenvalue weighted by Crippen LogP contribution is -2.41. The number of nitrogens with two attached hydrogens (primary N) is 1. The second-order valence-electron chi connectivity index (χ2n) is 8.29. The normalized spacial score (nSPS) is 22.7. The van der Waals surface area contributed by atoms with Gasteiger partial charge in [-0.2, -0.15) is 17.5 Å². The smallest absolute Gasteiger partial charge is 0.418 e. The van der Waals surface area contributed by atoms with Crippen molar-refractivity contribution >= 4 is 27.5 Å². The van der Waals surface area contributed by atoms with E-state index in [4.69, 9.17) is 19.9 Å². The maximum absolute atomic E-state index is 13.4. The minimum absolute atomic E-state index is 0.0392. The van der Waals surface area contributed by atoms with Crippen molar-refractivity contribution in [3.8, 4) is 11.5 Å². The first-order valence-corrected chi connectivity index (χ1v) is 12.1. The van der Waals surface area contributed by atoms with Gasteiger partial charge in [-0.05, 0) is 19.1 Å². The van der Waals surface area contributed by atoms with Crippen LogP contribution in [-0.2, 0) is 26.6 Å². The molecule has 1 fully saturated rings. The third kappa shape index (κ3) is 4.17. The molecule has 0 spiro atoms. The SMILES string of the molecule is CC1(N)N=C(Nc2ccc(S(=O)(=O)N3CCOCC3)c3c2OCCO3)Nc2[nH]cc(C(F)(F)F)c21. The summed E-state index contributed by atoms with van der Waals surface area (Å²) in [6.45, 7) is 2.68. The summed E-state index contributed by atoms with van der Waals surface area (Å²) >= 11 is 0. The Morgan fingerprint density at radius 2 is 1.83 bits per heavy atom. The first kappa shape index (κ1) is 23.7. The summed E-state index contributed by atoms with van der Waals surface area (Å²) in [6, 6.07) is 2.86. The summed E-state index contributed by atoms with van der Waals surface area (Å²) in [7, 11) is -3.88. The highest BCUT2D eigenvalue weighted by molar-refractivity contribution is 7.89. The van der Waals surface area contributed by atoms with Crippen molar-refractivity contribution in [3.63, 3.8) is 0 Å². The van der Waals surface area contributed by atoms with Gasteiger partial charge in [0.25, 0.3) is 0 Å². The number of morpholine rings is 1. The van der Waals surface area contributed by atoms with Crippen LogP contribution in [0.15, 0.2) is 28.2 Å². The lowest BCUT2D eigenvalue weighted by molar-refractivity contribution is -0.138. The molecular formula is C20H23F3N6O5S. The van der Waals surface area contributed by atoms with E-state index in [1.807, 2.05) is 0 Å². The lowest BCUT2D eigenvalue weighted by atomic mass is 9.99. The van der Waals surface area contributed by atoms with Crippen molar-refractivity contribution in [2.45, 2.75) is 23.7 Å². The molecule has 3 aliphatic rings. The Morgan fingerprint density at radius 1 is 1.14 bits per heavy atom. The number of benzene rings is 1. The molecule has 0 amide bonds. The molecule has 1 unspecified atom stereocenters. The van der Waals surface area contributed by atoms with Gasteiger partial charge in [0.15, 0.2) is 11.5 Å². The summed E-state index contributed by atoms with van der Waals surface area (Å²) < 4.78 is 84.6. The van der Waals surface area contributed by atoms with Gasteiger partial charge in [-0.15, -0.1) is 0 Å². The first-order valence-electron chi connectivity index (χ1n) is 10.7. The Hall–Kier alpha value is -3.01. The van der Waals surface area contributed by atoms with Crippen LogP contribution in [0.4, 0.5) is 24.7 Å². The van der Waals surface area contributed by atoms with Crippen molar-refractivity contribution < 1.29 is 35.8 Å². The minimum atomic E-state index is -4.61. The summed E-state index contributed by atoms with van der Waals surface area (Å²) in [5, 5.41) is 5.70. The van der Waals surface area contributed by atoms with Gasteiger partial charge >= 0.3 is 6.18 Å². The molecule has 2 aromatic rings. The number of nitrogens with zero attached hydrogens (tertiary/aromatic N) is 2. The van der Waals surface area contributed by atoms with E-state index in [9.17, 15) is 21.6 Å². The number of hydrogen-bond donors (Lipinski definition) is 4. The quantitative estimate of drug-likeness (QED) is 0.484. The number of aromatic amines is 1. The summed E-state index contributed by atoms with van der Waals surface area (Å²) in [6.07, 6.45) is -3.79. The van der Waals surface area contributed by atoms with E-state index in [1.54, 1.807) is 0 Å². The topological polar surface area (TPSA) is 143 Å². The number of hydrogen-bond acceptors (Lipinski definition) is 9. The molecule has 5 N–H and O–H groups in total. The summed E-state index contributed by atoms with van der Waals surface area (Å²) in [4.78, 5) is 6.70. The number of aliphatic imine (C=N–C) groups is 1. The molecule has 35 heavy (non-hydrogen) atoms. The number of nitrogens with one attached hydrogen (secondary N) is 3. The van der Waals surface area contributed by atoms with Gasteiger partial charge in [0, 0.05) is 24.8 Å². The molecule has 3 aliphatic heterocycles. The van der Waals surface area contributed by atoms with Gasteiger partial charge in [0.2, 0.25) is 16.0 Å². The van der Waals surface area contributed by atoms with Crippen molar-refractivity contribution in [2.24, 2.45) is 10.7 Å². The number of alkyl halides is 3. The predicted octanol–water partition coefficient (Wildman–Crippen LogP) is 1.85. The minimum Gasteiger partial charge on any atom is -0.485 e. The van der Waals surface area contributed by atoms with Crippen LogP contribution in [0.2, 0.25) is 0 Å². The molecule has 0 bridgehead atoms. The number of aromatic nitrogens is 1. The molecule has 0 aliphatic carbocycles. The van der Waals surface area contributed by atoms with Gasteiger partial charge in [0.05, 0.1) is 24.5 Å². The second kappa shape index (κ2) is 8.29. The molecule has 1 atom stereocenters. The Labute approximate surface area is 198 Å².